The van der Waals surface area contributed by atoms with Gasteiger partial charge in [-0.05, 0) is 36.4 Å². The van der Waals surface area contributed by atoms with Crippen molar-refractivity contribution in [2.24, 2.45) is 7.05 Å². The number of benzene rings is 2. The zero-order valence-corrected chi connectivity index (χ0v) is 19.9. The van der Waals surface area contributed by atoms with E-state index in [9.17, 15) is 9.59 Å². The number of fused-ring (bicyclic) bond motifs is 1. The van der Waals surface area contributed by atoms with Gasteiger partial charge in [-0.2, -0.15) is 10.2 Å². The molecule has 0 atom stereocenters. The van der Waals surface area contributed by atoms with Crippen LogP contribution in [0.3, 0.4) is 0 Å². The molecule has 0 aliphatic rings. The Morgan fingerprint density at radius 1 is 0.972 bits per heavy atom. The largest absolute Gasteiger partial charge is 0.496 e. The lowest BCUT2D eigenvalue weighted by atomic mass is 10.1. The van der Waals surface area contributed by atoms with E-state index in [0.29, 0.717) is 33.6 Å². The van der Waals surface area contributed by atoms with E-state index in [0.717, 1.165) is 11.3 Å². The average molecular weight is 481 g/mol. The van der Waals surface area contributed by atoms with E-state index in [1.807, 2.05) is 60.7 Å². The van der Waals surface area contributed by atoms with Gasteiger partial charge in [0, 0.05) is 24.2 Å². The number of carbonyl (C=O) groups excluding carboxylic acids is 1. The predicted molar refractivity (Wildman–Crippen MR) is 136 cm³/mol. The lowest BCUT2D eigenvalue weighted by Gasteiger charge is -2.12. The second-order valence-electron chi connectivity index (χ2n) is 8.20. The zero-order chi connectivity index (χ0) is 25.1. The van der Waals surface area contributed by atoms with Crippen molar-refractivity contribution >= 4 is 16.7 Å². The number of carbonyl (C=O) groups is 1. The summed E-state index contributed by atoms with van der Waals surface area (Å²) in [6.07, 6.45) is 1.68. The SMILES string of the molecule is COc1ccccc1-c1cc(C(=O)NCc2nn(Cc3ccccn3)c(=O)c3ccccc23)n(C)n1. The van der Waals surface area contributed by atoms with Crippen LogP contribution in [0.15, 0.2) is 83.8 Å². The lowest BCUT2D eigenvalue weighted by molar-refractivity contribution is 0.0941. The number of amides is 1. The van der Waals surface area contributed by atoms with Gasteiger partial charge in [0.1, 0.15) is 11.4 Å². The van der Waals surface area contributed by atoms with Gasteiger partial charge in [0.15, 0.2) is 0 Å². The van der Waals surface area contributed by atoms with Gasteiger partial charge in [0.2, 0.25) is 0 Å². The molecule has 0 fully saturated rings. The third-order valence-electron chi connectivity index (χ3n) is 5.89. The number of hydrogen-bond acceptors (Lipinski definition) is 6. The topological polar surface area (TPSA) is 104 Å². The Morgan fingerprint density at radius 3 is 2.50 bits per heavy atom. The molecule has 1 N–H and O–H groups in total. The van der Waals surface area contributed by atoms with Crippen LogP contribution < -0.4 is 15.6 Å². The Bertz CT molecular complexity index is 1610. The molecule has 3 aromatic heterocycles. The van der Waals surface area contributed by atoms with Crippen LogP contribution in [0.1, 0.15) is 21.9 Å². The first-order valence-corrected chi connectivity index (χ1v) is 11.4. The molecule has 9 heteroatoms. The number of nitrogens with one attached hydrogen (secondary N) is 1. The third kappa shape index (κ3) is 4.46. The van der Waals surface area contributed by atoms with Gasteiger partial charge in [-0.3, -0.25) is 19.3 Å². The highest BCUT2D eigenvalue weighted by atomic mass is 16.5. The fourth-order valence-corrected chi connectivity index (χ4v) is 4.11. The molecule has 1 amide bonds. The fraction of sp³-hybridized carbons (Fsp3) is 0.148. The standard InChI is InChI=1S/C27H24N6O3/c1-32-24(15-22(30-32)21-12-5-6-13-25(21)36-2)26(34)29-16-23-19-10-3-4-11-20(19)27(35)33(31-23)17-18-9-7-8-14-28-18/h3-15H,16-17H2,1-2H3,(H,29,34). The van der Waals surface area contributed by atoms with Gasteiger partial charge in [-0.1, -0.05) is 36.4 Å². The number of pyridine rings is 1. The van der Waals surface area contributed by atoms with Crippen LogP contribution in [0.4, 0.5) is 0 Å². The molecule has 0 saturated carbocycles. The quantitative estimate of drug-likeness (QED) is 0.384. The van der Waals surface area contributed by atoms with Crippen LogP contribution in [-0.4, -0.2) is 37.6 Å². The van der Waals surface area contributed by atoms with Crippen molar-refractivity contribution in [3.63, 3.8) is 0 Å². The first-order valence-electron chi connectivity index (χ1n) is 11.4. The molecule has 2 aromatic carbocycles. The van der Waals surface area contributed by atoms with Crippen LogP contribution in [0.2, 0.25) is 0 Å². The maximum atomic E-state index is 13.1. The van der Waals surface area contributed by atoms with Gasteiger partial charge in [-0.25, -0.2) is 4.68 Å². The van der Waals surface area contributed by atoms with E-state index in [-0.39, 0.29) is 24.6 Å². The highest BCUT2D eigenvalue weighted by molar-refractivity contribution is 5.94. The summed E-state index contributed by atoms with van der Waals surface area (Å²) in [6.45, 7) is 0.368. The van der Waals surface area contributed by atoms with Crippen molar-refractivity contribution in [3.8, 4) is 17.0 Å². The molecule has 180 valence electrons. The lowest BCUT2D eigenvalue weighted by Crippen LogP contribution is -2.29. The van der Waals surface area contributed by atoms with Gasteiger partial charge < -0.3 is 10.1 Å². The van der Waals surface area contributed by atoms with Crippen LogP contribution in [0, 0.1) is 0 Å². The monoisotopic (exact) mass is 480 g/mol. The van der Waals surface area contributed by atoms with E-state index in [1.165, 1.54) is 9.36 Å². The number of methoxy groups -OCH3 is 1. The van der Waals surface area contributed by atoms with Crippen LogP contribution in [0.5, 0.6) is 5.75 Å². The van der Waals surface area contributed by atoms with Gasteiger partial charge in [0.25, 0.3) is 11.5 Å². The van der Waals surface area contributed by atoms with Crippen molar-refractivity contribution in [1.82, 2.24) is 29.9 Å². The molecule has 3 heterocycles. The summed E-state index contributed by atoms with van der Waals surface area (Å²) in [5, 5.41) is 13.2. The minimum Gasteiger partial charge on any atom is -0.496 e. The maximum absolute atomic E-state index is 13.1. The molecule has 0 aliphatic heterocycles. The smallest absolute Gasteiger partial charge is 0.275 e. The molecule has 0 spiro atoms. The minimum atomic E-state index is -0.306. The van der Waals surface area contributed by atoms with Crippen LogP contribution in [0.25, 0.3) is 22.0 Å². The summed E-state index contributed by atoms with van der Waals surface area (Å²) >= 11 is 0. The number of nitrogens with zero attached hydrogens (tertiary/aromatic N) is 5. The van der Waals surface area contributed by atoms with Crippen LogP contribution in [-0.2, 0) is 20.1 Å². The summed E-state index contributed by atoms with van der Waals surface area (Å²) in [7, 11) is 3.31. The van der Waals surface area contributed by atoms with Crippen molar-refractivity contribution in [1.29, 1.82) is 0 Å². The highest BCUT2D eigenvalue weighted by Crippen LogP contribution is 2.28. The van der Waals surface area contributed by atoms with Crippen molar-refractivity contribution in [2.75, 3.05) is 7.11 Å². The Balaban J connectivity index is 1.43. The Hall–Kier alpha value is -4.79. The van der Waals surface area contributed by atoms with E-state index in [4.69, 9.17) is 4.74 Å². The minimum absolute atomic E-state index is 0.136. The Morgan fingerprint density at radius 2 is 1.72 bits per heavy atom. The molecule has 5 rings (SSSR count). The predicted octanol–water partition coefficient (Wildman–Crippen LogP) is 3.18. The molecule has 36 heavy (non-hydrogen) atoms. The summed E-state index contributed by atoms with van der Waals surface area (Å²) in [6, 6.07) is 22.0. The van der Waals surface area contributed by atoms with E-state index in [2.05, 4.69) is 20.5 Å². The van der Waals surface area contributed by atoms with E-state index < -0.39 is 0 Å². The average Bonchev–Trinajstić information content (AvgIpc) is 3.31. The summed E-state index contributed by atoms with van der Waals surface area (Å²) in [5.74, 6) is 0.368. The number of aromatic nitrogens is 5. The Labute approximate surface area is 207 Å². The first-order chi connectivity index (χ1) is 17.5. The molecule has 0 radical (unpaired) electrons. The molecule has 5 aromatic rings. The van der Waals surface area contributed by atoms with Crippen molar-refractivity contribution in [3.05, 3.63) is 106 Å². The number of rotatable bonds is 7. The number of para-hydroxylation sites is 1. The highest BCUT2D eigenvalue weighted by Gasteiger charge is 2.18. The summed E-state index contributed by atoms with van der Waals surface area (Å²) < 4.78 is 8.35. The number of hydrogen-bond donors (Lipinski definition) is 1. The van der Waals surface area contributed by atoms with Gasteiger partial charge in [0.05, 0.1) is 42.7 Å². The normalized spacial score (nSPS) is 10.9. The molecule has 0 saturated heterocycles. The van der Waals surface area contributed by atoms with Gasteiger partial charge in [-0.15, -0.1) is 0 Å². The van der Waals surface area contributed by atoms with Gasteiger partial charge >= 0.3 is 0 Å². The van der Waals surface area contributed by atoms with Crippen molar-refractivity contribution in [2.45, 2.75) is 13.1 Å². The molecule has 0 aliphatic carbocycles. The third-order valence-corrected chi connectivity index (χ3v) is 5.89. The number of ether oxygens (including phenoxy) is 1. The van der Waals surface area contributed by atoms with E-state index in [1.54, 1.807) is 32.5 Å². The Kier molecular flexibility index (Phi) is 6.27. The van der Waals surface area contributed by atoms with Crippen LogP contribution >= 0.6 is 0 Å². The fourth-order valence-electron chi connectivity index (χ4n) is 4.11. The molecular weight excluding hydrogens is 456 g/mol. The maximum Gasteiger partial charge on any atom is 0.275 e. The summed E-state index contributed by atoms with van der Waals surface area (Å²) in [4.78, 5) is 30.4. The second-order valence-corrected chi connectivity index (χ2v) is 8.20. The number of aryl methyl sites for hydroxylation is 1. The zero-order valence-electron chi connectivity index (χ0n) is 19.9. The molecular formula is C27H24N6O3. The van der Waals surface area contributed by atoms with Crippen molar-refractivity contribution < 1.29 is 9.53 Å². The first kappa shape index (κ1) is 23.0. The molecule has 0 unspecified atom stereocenters. The summed E-state index contributed by atoms with van der Waals surface area (Å²) in [5.41, 5.74) is 2.91. The second kappa shape index (κ2) is 9.83. The molecule has 0 bridgehead atoms. The molecule has 9 nitrogen and oxygen atoms in total. The van der Waals surface area contributed by atoms with E-state index >= 15 is 0 Å².